The van der Waals surface area contributed by atoms with Gasteiger partial charge in [0, 0.05) is 13.0 Å². The van der Waals surface area contributed by atoms with Crippen LogP contribution in [0.1, 0.15) is 58.9 Å². The third kappa shape index (κ3) is 8.51. The van der Waals surface area contributed by atoms with Gasteiger partial charge in [0.15, 0.2) is 0 Å². The largest absolute Gasteiger partial charge is 0.508 e. The number of carboxylic acids is 1. The average molecular weight is 505 g/mol. The van der Waals surface area contributed by atoms with Crippen LogP contribution in [0.4, 0.5) is 0 Å². The van der Waals surface area contributed by atoms with Gasteiger partial charge in [-0.2, -0.15) is 0 Å². The minimum atomic E-state index is -1.20. The lowest BCUT2D eigenvalue weighted by atomic mass is 10.00. The minimum Gasteiger partial charge on any atom is -0.508 e. The van der Waals surface area contributed by atoms with E-state index in [-0.39, 0.29) is 29.9 Å². The summed E-state index contributed by atoms with van der Waals surface area (Å²) < 4.78 is 0. The molecule has 200 valence electrons. The van der Waals surface area contributed by atoms with Crippen LogP contribution in [0.2, 0.25) is 0 Å². The molecule has 10 nitrogen and oxygen atoms in total. The topological polar surface area (TPSA) is 162 Å². The Bertz CT molecular complexity index is 918. The Morgan fingerprint density at radius 2 is 1.61 bits per heavy atom. The zero-order valence-corrected chi connectivity index (χ0v) is 21.6. The van der Waals surface area contributed by atoms with E-state index in [0.29, 0.717) is 37.8 Å². The van der Waals surface area contributed by atoms with Crippen LogP contribution in [-0.2, 0) is 25.6 Å². The lowest BCUT2D eigenvalue weighted by Gasteiger charge is -2.30. The van der Waals surface area contributed by atoms with E-state index < -0.39 is 42.0 Å². The third-order valence-corrected chi connectivity index (χ3v) is 6.21. The Morgan fingerprint density at radius 1 is 1.00 bits per heavy atom. The maximum Gasteiger partial charge on any atom is 0.326 e. The first kappa shape index (κ1) is 29.1. The molecule has 4 unspecified atom stereocenters. The summed E-state index contributed by atoms with van der Waals surface area (Å²) >= 11 is 0. The number of carbonyl (C=O) groups excluding carboxylic acids is 3. The van der Waals surface area contributed by atoms with E-state index in [4.69, 9.17) is 5.73 Å². The number of carboxylic acid groups (broad SMARTS) is 1. The van der Waals surface area contributed by atoms with Crippen LogP contribution >= 0.6 is 0 Å². The molecule has 2 rings (SSSR count). The average Bonchev–Trinajstić information content (AvgIpc) is 3.28. The molecule has 4 atom stereocenters. The van der Waals surface area contributed by atoms with E-state index in [1.807, 2.05) is 27.7 Å². The van der Waals surface area contributed by atoms with E-state index in [1.165, 1.54) is 17.0 Å². The van der Waals surface area contributed by atoms with E-state index in [0.717, 1.165) is 0 Å². The second kappa shape index (κ2) is 13.2. The van der Waals surface area contributed by atoms with Crippen molar-refractivity contribution in [2.24, 2.45) is 17.6 Å². The van der Waals surface area contributed by atoms with Gasteiger partial charge in [-0.1, -0.05) is 39.8 Å². The summed E-state index contributed by atoms with van der Waals surface area (Å²) in [7, 11) is 0. The smallest absolute Gasteiger partial charge is 0.326 e. The van der Waals surface area contributed by atoms with Gasteiger partial charge in [0.1, 0.15) is 23.9 Å². The quantitative estimate of drug-likeness (QED) is 0.287. The zero-order valence-electron chi connectivity index (χ0n) is 21.6. The molecule has 6 N–H and O–H groups in total. The summed E-state index contributed by atoms with van der Waals surface area (Å²) in [6.07, 6.45) is 1.90. The molecule has 1 aromatic carbocycles. The molecule has 1 heterocycles. The van der Waals surface area contributed by atoms with Crippen LogP contribution in [0.3, 0.4) is 0 Å². The number of rotatable bonds is 12. The predicted octanol–water partition coefficient (Wildman–Crippen LogP) is 1.40. The van der Waals surface area contributed by atoms with Crippen molar-refractivity contribution in [3.8, 4) is 5.75 Å². The van der Waals surface area contributed by atoms with Crippen molar-refractivity contribution in [2.75, 3.05) is 6.54 Å². The highest BCUT2D eigenvalue weighted by molar-refractivity contribution is 5.94. The first-order chi connectivity index (χ1) is 16.9. The van der Waals surface area contributed by atoms with Crippen LogP contribution in [0.5, 0.6) is 5.75 Å². The second-order valence-corrected chi connectivity index (χ2v) is 10.4. The summed E-state index contributed by atoms with van der Waals surface area (Å²) in [6.45, 7) is 8.15. The molecule has 1 aliphatic heterocycles. The fraction of sp³-hybridized carbons (Fsp3) is 0.615. The van der Waals surface area contributed by atoms with Crippen LogP contribution in [0, 0.1) is 11.8 Å². The van der Waals surface area contributed by atoms with Gasteiger partial charge in [-0.15, -0.1) is 0 Å². The molecule has 1 saturated heterocycles. The Morgan fingerprint density at radius 3 is 2.17 bits per heavy atom. The number of phenols is 1. The fourth-order valence-electron chi connectivity index (χ4n) is 4.43. The molecule has 0 radical (unpaired) electrons. The molecule has 0 saturated carbocycles. The number of nitrogens with zero attached hydrogens (tertiary/aromatic N) is 1. The normalized spacial score (nSPS) is 18.1. The van der Waals surface area contributed by atoms with Gasteiger partial charge in [-0.3, -0.25) is 14.4 Å². The number of carbonyl (C=O) groups is 4. The highest BCUT2D eigenvalue weighted by Crippen LogP contribution is 2.21. The summed E-state index contributed by atoms with van der Waals surface area (Å²) in [5.74, 6) is -2.12. The van der Waals surface area contributed by atoms with Gasteiger partial charge in [0.2, 0.25) is 17.7 Å². The minimum absolute atomic E-state index is 0.0296. The standard InChI is InChI=1S/C26H40N4O6/c1-15(2)12-19(27)23(32)28-20(13-16(3)4)25(34)30-11-5-6-22(30)24(33)29-21(26(35)36)14-17-7-9-18(31)10-8-17/h7-10,15-16,19-22,31H,5-6,11-14,27H2,1-4H3,(H,28,32)(H,29,33)(H,35,36). The molecule has 1 aliphatic rings. The molecule has 1 fully saturated rings. The second-order valence-electron chi connectivity index (χ2n) is 10.4. The van der Waals surface area contributed by atoms with E-state index in [9.17, 15) is 29.4 Å². The van der Waals surface area contributed by atoms with Gasteiger partial charge >= 0.3 is 5.97 Å². The van der Waals surface area contributed by atoms with Gasteiger partial charge in [-0.25, -0.2) is 4.79 Å². The zero-order chi connectivity index (χ0) is 27.0. The SMILES string of the molecule is CC(C)CC(N)C(=O)NC(CC(C)C)C(=O)N1CCCC1C(=O)NC(Cc1ccc(O)cc1)C(=O)O. The number of aliphatic carboxylic acids is 1. The van der Waals surface area contributed by atoms with Crippen molar-refractivity contribution in [1.82, 2.24) is 15.5 Å². The Balaban J connectivity index is 2.12. The van der Waals surface area contributed by atoms with Crippen molar-refractivity contribution in [3.05, 3.63) is 29.8 Å². The lowest BCUT2D eigenvalue weighted by molar-refractivity contribution is -0.145. The number of phenolic OH excluding ortho intramolecular Hbond substituents is 1. The number of hydrogen-bond donors (Lipinski definition) is 5. The van der Waals surface area contributed by atoms with E-state index in [1.54, 1.807) is 12.1 Å². The highest BCUT2D eigenvalue weighted by Gasteiger charge is 2.39. The number of nitrogens with one attached hydrogen (secondary N) is 2. The van der Waals surface area contributed by atoms with Crippen LogP contribution < -0.4 is 16.4 Å². The number of amides is 3. The molecular formula is C26H40N4O6. The molecular weight excluding hydrogens is 464 g/mol. The summed E-state index contributed by atoms with van der Waals surface area (Å²) in [5, 5.41) is 24.4. The Kier molecular flexibility index (Phi) is 10.7. The first-order valence-corrected chi connectivity index (χ1v) is 12.6. The maximum atomic E-state index is 13.5. The molecule has 3 amide bonds. The molecule has 36 heavy (non-hydrogen) atoms. The maximum absolute atomic E-state index is 13.5. The van der Waals surface area contributed by atoms with Crippen LogP contribution in [0.25, 0.3) is 0 Å². The van der Waals surface area contributed by atoms with E-state index in [2.05, 4.69) is 10.6 Å². The molecule has 0 aliphatic carbocycles. The highest BCUT2D eigenvalue weighted by atomic mass is 16.4. The summed E-state index contributed by atoms with van der Waals surface area (Å²) in [5.41, 5.74) is 6.65. The third-order valence-electron chi connectivity index (χ3n) is 6.21. The molecule has 10 heteroatoms. The van der Waals surface area contributed by atoms with Gasteiger partial charge < -0.3 is 31.5 Å². The number of hydrogen-bond acceptors (Lipinski definition) is 6. The fourth-order valence-corrected chi connectivity index (χ4v) is 4.43. The molecule has 1 aromatic rings. The Hall–Kier alpha value is -3.14. The number of nitrogens with two attached hydrogens (primary N) is 1. The predicted molar refractivity (Wildman–Crippen MR) is 135 cm³/mol. The molecule has 0 spiro atoms. The van der Waals surface area contributed by atoms with Gasteiger partial charge in [0.25, 0.3) is 0 Å². The van der Waals surface area contributed by atoms with Gasteiger partial charge in [0.05, 0.1) is 6.04 Å². The monoisotopic (exact) mass is 504 g/mol. The first-order valence-electron chi connectivity index (χ1n) is 12.6. The summed E-state index contributed by atoms with van der Waals surface area (Å²) in [4.78, 5) is 52.5. The number of benzene rings is 1. The van der Waals surface area contributed by atoms with Crippen molar-refractivity contribution in [1.29, 1.82) is 0 Å². The van der Waals surface area contributed by atoms with Gasteiger partial charge in [-0.05, 0) is 55.2 Å². The summed E-state index contributed by atoms with van der Waals surface area (Å²) in [6, 6.07) is 2.50. The Labute approximate surface area is 212 Å². The van der Waals surface area contributed by atoms with Crippen LogP contribution in [0.15, 0.2) is 24.3 Å². The molecule has 0 aromatic heterocycles. The molecule has 0 bridgehead atoms. The van der Waals surface area contributed by atoms with Crippen molar-refractivity contribution in [2.45, 2.75) is 84.0 Å². The van der Waals surface area contributed by atoms with Crippen molar-refractivity contribution < 1.29 is 29.4 Å². The van der Waals surface area contributed by atoms with Crippen molar-refractivity contribution in [3.63, 3.8) is 0 Å². The number of likely N-dealkylation sites (tertiary alicyclic amines) is 1. The van der Waals surface area contributed by atoms with Crippen LogP contribution in [-0.4, -0.2) is 69.5 Å². The van der Waals surface area contributed by atoms with Crippen molar-refractivity contribution >= 4 is 23.7 Å². The van der Waals surface area contributed by atoms with E-state index >= 15 is 0 Å². The lowest BCUT2D eigenvalue weighted by Crippen LogP contribution is -2.57. The number of aromatic hydroxyl groups is 1.